The highest BCUT2D eigenvalue weighted by Crippen LogP contribution is 2.19. The summed E-state index contributed by atoms with van der Waals surface area (Å²) in [6.45, 7) is 2.62. The molecule has 0 aliphatic carbocycles. The summed E-state index contributed by atoms with van der Waals surface area (Å²) in [4.78, 5) is 0. The largest absolute Gasteiger partial charge is 0.306 e. The van der Waals surface area contributed by atoms with Crippen molar-refractivity contribution in [1.82, 2.24) is 5.32 Å². The molecule has 2 aromatic carbocycles. The topological polar surface area (TPSA) is 12.0 Å². The maximum atomic E-state index is 13.0. The Kier molecular flexibility index (Phi) is 4.66. The Labute approximate surface area is 119 Å². The molecule has 4 heteroatoms. The standard InChI is InChI=1S/C15H14BrF2N/c1-10(11-2-5-13(17)6-3-11)19-9-12-4-7-14(18)8-15(12)16/h2-8,10,19H,9H2,1H3/t10-/m0/s1. The number of nitrogens with one attached hydrogen (secondary N) is 1. The van der Waals surface area contributed by atoms with Crippen LogP contribution in [0.2, 0.25) is 0 Å². The Bertz CT molecular complexity index is 555. The van der Waals surface area contributed by atoms with Gasteiger partial charge in [-0.2, -0.15) is 0 Å². The molecule has 100 valence electrons. The Hall–Kier alpha value is -1.26. The van der Waals surface area contributed by atoms with Crippen molar-refractivity contribution >= 4 is 15.9 Å². The first-order valence-corrected chi connectivity index (χ1v) is 6.78. The molecule has 0 fully saturated rings. The van der Waals surface area contributed by atoms with Crippen molar-refractivity contribution in [3.05, 3.63) is 69.7 Å². The third-order valence-electron chi connectivity index (χ3n) is 2.98. The van der Waals surface area contributed by atoms with E-state index in [1.54, 1.807) is 18.2 Å². The van der Waals surface area contributed by atoms with E-state index in [0.717, 1.165) is 15.6 Å². The molecular formula is C15H14BrF2N. The Morgan fingerprint density at radius 2 is 1.68 bits per heavy atom. The van der Waals surface area contributed by atoms with Crippen molar-refractivity contribution in [3.63, 3.8) is 0 Å². The molecule has 1 atom stereocenters. The van der Waals surface area contributed by atoms with E-state index >= 15 is 0 Å². The van der Waals surface area contributed by atoms with Crippen LogP contribution in [-0.2, 0) is 6.54 Å². The van der Waals surface area contributed by atoms with Gasteiger partial charge in [-0.15, -0.1) is 0 Å². The minimum Gasteiger partial charge on any atom is -0.306 e. The summed E-state index contributed by atoms with van der Waals surface area (Å²) in [6, 6.07) is 11.1. The van der Waals surface area contributed by atoms with Gasteiger partial charge in [0.15, 0.2) is 0 Å². The number of halogens is 3. The Morgan fingerprint density at radius 3 is 2.32 bits per heavy atom. The molecule has 0 saturated heterocycles. The van der Waals surface area contributed by atoms with E-state index in [1.807, 2.05) is 6.92 Å². The van der Waals surface area contributed by atoms with Gasteiger partial charge in [-0.25, -0.2) is 8.78 Å². The van der Waals surface area contributed by atoms with Crippen LogP contribution < -0.4 is 5.32 Å². The molecule has 2 rings (SSSR count). The van der Waals surface area contributed by atoms with Crippen LogP contribution in [0.15, 0.2) is 46.9 Å². The molecule has 0 spiro atoms. The van der Waals surface area contributed by atoms with Crippen molar-refractivity contribution in [1.29, 1.82) is 0 Å². The van der Waals surface area contributed by atoms with Crippen molar-refractivity contribution in [2.24, 2.45) is 0 Å². The van der Waals surface area contributed by atoms with Gasteiger partial charge >= 0.3 is 0 Å². The van der Waals surface area contributed by atoms with Crippen LogP contribution in [-0.4, -0.2) is 0 Å². The van der Waals surface area contributed by atoms with E-state index in [2.05, 4.69) is 21.2 Å². The molecule has 1 nitrogen and oxygen atoms in total. The highest BCUT2D eigenvalue weighted by molar-refractivity contribution is 9.10. The number of hydrogen-bond acceptors (Lipinski definition) is 1. The van der Waals surface area contributed by atoms with Gasteiger partial charge in [0.25, 0.3) is 0 Å². The van der Waals surface area contributed by atoms with E-state index in [-0.39, 0.29) is 17.7 Å². The second kappa shape index (κ2) is 6.26. The lowest BCUT2D eigenvalue weighted by Crippen LogP contribution is -2.18. The molecule has 0 radical (unpaired) electrons. The quantitative estimate of drug-likeness (QED) is 0.867. The fraction of sp³-hybridized carbons (Fsp3) is 0.200. The summed E-state index contributed by atoms with van der Waals surface area (Å²) in [6.07, 6.45) is 0. The second-order valence-electron chi connectivity index (χ2n) is 4.39. The summed E-state index contributed by atoms with van der Waals surface area (Å²) < 4.78 is 26.5. The van der Waals surface area contributed by atoms with E-state index < -0.39 is 0 Å². The third-order valence-corrected chi connectivity index (χ3v) is 3.72. The molecule has 0 amide bonds. The SMILES string of the molecule is C[C@H](NCc1ccc(F)cc1Br)c1ccc(F)cc1. The summed E-state index contributed by atoms with van der Waals surface area (Å²) in [5.74, 6) is -0.501. The van der Waals surface area contributed by atoms with Crippen LogP contribution in [0.3, 0.4) is 0 Å². The molecule has 0 heterocycles. The van der Waals surface area contributed by atoms with E-state index in [4.69, 9.17) is 0 Å². The van der Waals surface area contributed by atoms with Crippen LogP contribution in [0.5, 0.6) is 0 Å². The number of hydrogen-bond donors (Lipinski definition) is 1. The molecule has 1 N–H and O–H groups in total. The molecule has 0 aromatic heterocycles. The Morgan fingerprint density at radius 1 is 1.05 bits per heavy atom. The predicted molar refractivity (Wildman–Crippen MR) is 75.8 cm³/mol. The van der Waals surface area contributed by atoms with Gasteiger partial charge in [0, 0.05) is 17.1 Å². The number of rotatable bonds is 4. The summed E-state index contributed by atoms with van der Waals surface area (Å²) in [7, 11) is 0. The van der Waals surface area contributed by atoms with Gasteiger partial charge in [-0.3, -0.25) is 0 Å². The molecule has 0 bridgehead atoms. The molecule has 0 aliphatic rings. The highest BCUT2D eigenvalue weighted by atomic mass is 79.9. The predicted octanol–water partition coefficient (Wildman–Crippen LogP) is 4.58. The first kappa shape index (κ1) is 14.2. The molecular weight excluding hydrogens is 312 g/mol. The highest BCUT2D eigenvalue weighted by Gasteiger charge is 2.07. The van der Waals surface area contributed by atoms with Crippen LogP contribution in [0.1, 0.15) is 24.1 Å². The van der Waals surface area contributed by atoms with E-state index in [0.29, 0.717) is 6.54 Å². The van der Waals surface area contributed by atoms with Crippen molar-refractivity contribution in [3.8, 4) is 0 Å². The summed E-state index contributed by atoms with van der Waals surface area (Å²) in [5.41, 5.74) is 2.00. The van der Waals surface area contributed by atoms with Crippen molar-refractivity contribution in [2.75, 3.05) is 0 Å². The molecule has 0 saturated carbocycles. The van der Waals surface area contributed by atoms with Crippen LogP contribution in [0, 0.1) is 11.6 Å². The average Bonchev–Trinajstić information content (AvgIpc) is 2.38. The molecule has 19 heavy (non-hydrogen) atoms. The lowest BCUT2D eigenvalue weighted by molar-refractivity contribution is 0.568. The van der Waals surface area contributed by atoms with Gasteiger partial charge in [-0.05, 0) is 42.3 Å². The zero-order valence-electron chi connectivity index (χ0n) is 10.5. The van der Waals surface area contributed by atoms with Crippen LogP contribution in [0.4, 0.5) is 8.78 Å². The fourth-order valence-corrected chi connectivity index (χ4v) is 2.29. The zero-order valence-corrected chi connectivity index (χ0v) is 12.0. The zero-order chi connectivity index (χ0) is 13.8. The van der Waals surface area contributed by atoms with Crippen molar-refractivity contribution in [2.45, 2.75) is 19.5 Å². The first-order chi connectivity index (χ1) is 9.06. The van der Waals surface area contributed by atoms with E-state index in [1.165, 1.54) is 24.3 Å². The lowest BCUT2D eigenvalue weighted by Gasteiger charge is -2.15. The smallest absolute Gasteiger partial charge is 0.124 e. The van der Waals surface area contributed by atoms with Gasteiger partial charge in [0.1, 0.15) is 11.6 Å². The lowest BCUT2D eigenvalue weighted by atomic mass is 10.1. The summed E-state index contributed by atoms with van der Waals surface area (Å²) >= 11 is 3.33. The maximum Gasteiger partial charge on any atom is 0.124 e. The van der Waals surface area contributed by atoms with Crippen LogP contribution in [0.25, 0.3) is 0 Å². The Balaban J connectivity index is 2.00. The summed E-state index contributed by atoms with van der Waals surface area (Å²) in [5, 5.41) is 3.32. The number of benzene rings is 2. The molecule has 0 aliphatic heterocycles. The van der Waals surface area contributed by atoms with Crippen LogP contribution >= 0.6 is 15.9 Å². The minimum atomic E-state index is -0.262. The second-order valence-corrected chi connectivity index (χ2v) is 5.24. The van der Waals surface area contributed by atoms with Gasteiger partial charge in [0.05, 0.1) is 0 Å². The van der Waals surface area contributed by atoms with Gasteiger partial charge in [0.2, 0.25) is 0 Å². The normalized spacial score (nSPS) is 12.4. The monoisotopic (exact) mass is 325 g/mol. The van der Waals surface area contributed by atoms with E-state index in [9.17, 15) is 8.78 Å². The molecule has 2 aromatic rings. The van der Waals surface area contributed by atoms with Gasteiger partial charge in [-0.1, -0.05) is 34.1 Å². The first-order valence-electron chi connectivity index (χ1n) is 5.99. The molecule has 0 unspecified atom stereocenters. The van der Waals surface area contributed by atoms with Crippen molar-refractivity contribution < 1.29 is 8.78 Å². The fourth-order valence-electron chi connectivity index (χ4n) is 1.80. The maximum absolute atomic E-state index is 13.0. The third kappa shape index (κ3) is 3.85. The minimum absolute atomic E-state index is 0.0950. The van der Waals surface area contributed by atoms with Gasteiger partial charge < -0.3 is 5.32 Å². The average molecular weight is 326 g/mol.